The van der Waals surface area contributed by atoms with Crippen LogP contribution in [0.25, 0.3) is 0 Å². The minimum Gasteiger partial charge on any atom is -0.490 e. The highest BCUT2D eigenvalue weighted by Gasteiger charge is 2.15. The maximum absolute atomic E-state index is 12.3. The zero-order valence-corrected chi connectivity index (χ0v) is 20.2. The van der Waals surface area contributed by atoms with Crippen LogP contribution in [0.4, 0.5) is 11.4 Å². The molecule has 3 rings (SSSR count). The summed E-state index contributed by atoms with van der Waals surface area (Å²) in [5, 5.41) is 15.9. The van der Waals surface area contributed by atoms with Crippen LogP contribution >= 0.6 is 23.2 Å². The Hall–Kier alpha value is -3.42. The summed E-state index contributed by atoms with van der Waals surface area (Å²) in [6.45, 7) is 4.18. The highest BCUT2D eigenvalue weighted by atomic mass is 35.5. The molecule has 0 atom stereocenters. The minimum atomic E-state index is -0.999. The first kappa shape index (κ1) is 25.2. The molecule has 178 valence electrons. The predicted molar refractivity (Wildman–Crippen MR) is 134 cm³/mol. The molecule has 1 amide bonds. The van der Waals surface area contributed by atoms with Crippen LogP contribution in [0.2, 0.25) is 10.0 Å². The van der Waals surface area contributed by atoms with Crippen LogP contribution in [0, 0.1) is 6.92 Å². The van der Waals surface area contributed by atoms with Crippen molar-refractivity contribution >= 4 is 46.5 Å². The van der Waals surface area contributed by atoms with Gasteiger partial charge in [-0.25, -0.2) is 4.79 Å². The van der Waals surface area contributed by atoms with Crippen molar-refractivity contribution in [2.75, 3.05) is 23.8 Å². The number of carbonyl (C=O) groups excluding carboxylic acids is 1. The van der Waals surface area contributed by atoms with Gasteiger partial charge in [0, 0.05) is 22.9 Å². The average molecular weight is 503 g/mol. The number of hydrogen-bond donors (Lipinski definition) is 3. The van der Waals surface area contributed by atoms with Gasteiger partial charge in [0.15, 0.2) is 18.1 Å². The molecule has 0 aliphatic carbocycles. The van der Waals surface area contributed by atoms with Crippen LogP contribution in [-0.4, -0.2) is 30.2 Å². The lowest BCUT2D eigenvalue weighted by atomic mass is 10.1. The number of carboxylic acid groups (broad SMARTS) is 1. The third-order valence-electron chi connectivity index (χ3n) is 4.78. The van der Waals surface area contributed by atoms with Crippen LogP contribution in [0.15, 0.2) is 54.6 Å². The molecule has 3 N–H and O–H groups in total. The van der Waals surface area contributed by atoms with Gasteiger partial charge in [-0.1, -0.05) is 35.3 Å². The first-order chi connectivity index (χ1) is 16.3. The van der Waals surface area contributed by atoms with E-state index < -0.39 is 5.97 Å². The van der Waals surface area contributed by atoms with Crippen molar-refractivity contribution in [1.82, 2.24) is 0 Å². The van der Waals surface area contributed by atoms with Crippen molar-refractivity contribution in [3.8, 4) is 11.5 Å². The lowest BCUT2D eigenvalue weighted by Gasteiger charge is -2.16. The Morgan fingerprint density at radius 3 is 2.47 bits per heavy atom. The van der Waals surface area contributed by atoms with E-state index in [1.165, 1.54) is 6.07 Å². The van der Waals surface area contributed by atoms with Crippen LogP contribution in [0.3, 0.4) is 0 Å². The van der Waals surface area contributed by atoms with E-state index in [1.807, 2.05) is 19.9 Å². The summed E-state index contributed by atoms with van der Waals surface area (Å²) in [5.74, 6) is -0.710. The van der Waals surface area contributed by atoms with E-state index in [2.05, 4.69) is 10.6 Å². The Labute approximate surface area is 207 Å². The maximum Gasteiger partial charge on any atom is 0.335 e. The van der Waals surface area contributed by atoms with Gasteiger partial charge in [0.25, 0.3) is 5.91 Å². The molecule has 9 heteroatoms. The lowest BCUT2D eigenvalue weighted by molar-refractivity contribution is -0.118. The van der Waals surface area contributed by atoms with Gasteiger partial charge in [0.1, 0.15) is 0 Å². The van der Waals surface area contributed by atoms with E-state index in [1.54, 1.807) is 42.5 Å². The van der Waals surface area contributed by atoms with E-state index in [0.717, 1.165) is 11.1 Å². The summed E-state index contributed by atoms with van der Waals surface area (Å²) < 4.78 is 11.4. The number of aryl methyl sites for hydroxylation is 1. The van der Waals surface area contributed by atoms with Gasteiger partial charge >= 0.3 is 5.97 Å². The van der Waals surface area contributed by atoms with Gasteiger partial charge in [0.2, 0.25) is 0 Å². The number of nitrogens with one attached hydrogen (secondary N) is 2. The lowest BCUT2D eigenvalue weighted by Crippen LogP contribution is -2.20. The molecule has 0 saturated heterocycles. The first-order valence-corrected chi connectivity index (χ1v) is 11.2. The Kier molecular flexibility index (Phi) is 8.62. The molecule has 0 unspecified atom stereocenters. The van der Waals surface area contributed by atoms with Crippen molar-refractivity contribution in [2.24, 2.45) is 0 Å². The predicted octanol–water partition coefficient (Wildman–Crippen LogP) is 6.03. The molecule has 0 aromatic heterocycles. The highest BCUT2D eigenvalue weighted by molar-refractivity contribution is 6.32. The van der Waals surface area contributed by atoms with Crippen LogP contribution in [0.1, 0.15) is 28.4 Å². The molecule has 34 heavy (non-hydrogen) atoms. The topological polar surface area (TPSA) is 96.9 Å². The summed E-state index contributed by atoms with van der Waals surface area (Å²) in [4.78, 5) is 23.5. The SMILES string of the molecule is CCOc1cc(CNc2cccc(C(=O)O)c2)cc(Cl)c1OCC(=O)Nc1ccc(C)c(Cl)c1. The zero-order chi connectivity index (χ0) is 24.7. The largest absolute Gasteiger partial charge is 0.490 e. The van der Waals surface area contributed by atoms with Gasteiger partial charge in [-0.3, -0.25) is 4.79 Å². The number of aromatic carboxylic acids is 1. The molecule has 0 spiro atoms. The minimum absolute atomic E-state index is 0.188. The number of carboxylic acids is 1. The highest BCUT2D eigenvalue weighted by Crippen LogP contribution is 2.37. The molecule has 0 bridgehead atoms. The van der Waals surface area contributed by atoms with E-state index in [4.69, 9.17) is 37.8 Å². The molecule has 3 aromatic rings. The first-order valence-electron chi connectivity index (χ1n) is 10.5. The fourth-order valence-electron chi connectivity index (χ4n) is 3.10. The Morgan fingerprint density at radius 2 is 1.76 bits per heavy atom. The smallest absolute Gasteiger partial charge is 0.335 e. The zero-order valence-electron chi connectivity index (χ0n) is 18.7. The number of halogens is 2. The number of rotatable bonds is 10. The second-order valence-corrected chi connectivity index (χ2v) is 8.19. The molecule has 0 fully saturated rings. The molecule has 0 aliphatic heterocycles. The third kappa shape index (κ3) is 6.79. The van der Waals surface area contributed by atoms with E-state index in [9.17, 15) is 9.59 Å². The second-order valence-electron chi connectivity index (χ2n) is 7.38. The van der Waals surface area contributed by atoms with Gasteiger partial charge < -0.3 is 25.2 Å². The van der Waals surface area contributed by atoms with Crippen molar-refractivity contribution in [2.45, 2.75) is 20.4 Å². The summed E-state index contributed by atoms with van der Waals surface area (Å²) in [7, 11) is 0. The fraction of sp³-hybridized carbons (Fsp3) is 0.200. The van der Waals surface area contributed by atoms with Crippen molar-refractivity contribution in [1.29, 1.82) is 0 Å². The summed E-state index contributed by atoms with van der Waals surface area (Å²) in [5.41, 5.74) is 3.11. The van der Waals surface area contributed by atoms with Crippen LogP contribution < -0.4 is 20.1 Å². The molecule has 0 heterocycles. The molecular weight excluding hydrogens is 479 g/mol. The van der Waals surface area contributed by atoms with E-state index >= 15 is 0 Å². The van der Waals surface area contributed by atoms with Gasteiger partial charge in [0.05, 0.1) is 17.2 Å². The number of amides is 1. The Morgan fingerprint density at radius 1 is 0.971 bits per heavy atom. The van der Waals surface area contributed by atoms with Gasteiger partial charge in [-0.05, 0) is 67.4 Å². The average Bonchev–Trinajstić information content (AvgIpc) is 2.80. The standard InChI is InChI=1S/C25H24Cl2N2O5/c1-3-33-22-10-16(13-28-18-6-4-5-17(11-18)25(31)32)9-21(27)24(22)34-14-23(30)29-19-8-7-15(2)20(26)12-19/h4-12,28H,3,13-14H2,1-2H3,(H,29,30)(H,31,32). The Bertz CT molecular complexity index is 1200. The van der Waals surface area contributed by atoms with Gasteiger partial charge in [-0.2, -0.15) is 0 Å². The summed E-state index contributed by atoms with van der Waals surface area (Å²) in [6, 6.07) is 15.2. The molecule has 0 radical (unpaired) electrons. The maximum atomic E-state index is 12.3. The van der Waals surface area contributed by atoms with Crippen molar-refractivity contribution < 1.29 is 24.2 Å². The number of benzene rings is 3. The van der Waals surface area contributed by atoms with Crippen LogP contribution in [0.5, 0.6) is 11.5 Å². The Balaban J connectivity index is 1.68. The molecular formula is C25H24Cl2N2O5. The number of hydrogen-bond acceptors (Lipinski definition) is 5. The number of carbonyl (C=O) groups is 2. The fourth-order valence-corrected chi connectivity index (χ4v) is 3.57. The quantitative estimate of drug-likeness (QED) is 0.313. The van der Waals surface area contributed by atoms with E-state index in [0.29, 0.717) is 35.3 Å². The molecule has 3 aromatic carbocycles. The third-order valence-corrected chi connectivity index (χ3v) is 5.47. The summed E-state index contributed by atoms with van der Waals surface area (Å²) in [6.07, 6.45) is 0. The second kappa shape index (κ2) is 11.6. The number of anilines is 2. The molecule has 0 aliphatic rings. The molecule has 7 nitrogen and oxygen atoms in total. The van der Waals surface area contributed by atoms with Crippen LogP contribution in [-0.2, 0) is 11.3 Å². The normalized spacial score (nSPS) is 10.5. The van der Waals surface area contributed by atoms with Crippen molar-refractivity contribution in [3.63, 3.8) is 0 Å². The number of ether oxygens (including phenoxy) is 2. The molecule has 0 saturated carbocycles. The van der Waals surface area contributed by atoms with Crippen molar-refractivity contribution in [3.05, 3.63) is 81.3 Å². The summed E-state index contributed by atoms with van der Waals surface area (Å²) >= 11 is 12.5. The monoisotopic (exact) mass is 502 g/mol. The van der Waals surface area contributed by atoms with E-state index in [-0.39, 0.29) is 28.8 Å². The van der Waals surface area contributed by atoms with Gasteiger partial charge in [-0.15, -0.1) is 0 Å².